The monoisotopic (exact) mass is 1160 g/mol. The lowest BCUT2D eigenvalue weighted by atomic mass is 9.77. The SMILES string of the molecule is O=C(NC1C(=O)N2C(C(=O)OC(c3ccccc3)c3ccccc3)=C(COC(=O)N3CCCCC3)CS[C@@H]12)C(=NOC(c1ccccc1)(c1ccccc1)c1ccccc1)c1csc(NC(c2ccccc2)(c2ccccc2)c2ccccc2)n1. The largest absolute Gasteiger partial charge is 0.448 e. The minimum atomic E-state index is -1.40. The van der Waals surface area contributed by atoms with Crippen molar-refractivity contribution in [2.24, 2.45) is 5.16 Å². The molecular weight excluding hydrogens is 1100 g/mol. The van der Waals surface area contributed by atoms with Crippen molar-refractivity contribution in [2.75, 3.05) is 30.8 Å². The zero-order valence-electron chi connectivity index (χ0n) is 46.3. The number of β-lactam (4-membered cyclic amide) rings is 1. The van der Waals surface area contributed by atoms with Crippen molar-refractivity contribution in [1.29, 1.82) is 0 Å². The Hall–Kier alpha value is -9.57. The van der Waals surface area contributed by atoms with Crippen molar-refractivity contribution >= 4 is 57.8 Å². The summed E-state index contributed by atoms with van der Waals surface area (Å²) in [7, 11) is 0. The Bertz CT molecular complexity index is 3590. The van der Waals surface area contributed by atoms with Crippen LogP contribution in [0.2, 0.25) is 0 Å². The maximum absolute atomic E-state index is 15.6. The lowest BCUT2D eigenvalue weighted by molar-refractivity contribution is -0.154. The summed E-state index contributed by atoms with van der Waals surface area (Å²) in [6.45, 7) is 0.895. The standard InChI is InChI=1S/C70H60N6O7S2/c77-63(72-60-64(78)76-61(51(47-84-65(60)76)46-81-68(80)75-44-26-9-27-45-75)66(79)82-62(49-28-10-1-11-29-49)50-30-12-2-13-31-50)59(74-83-70(55-38-20-6-21-39-55,56-40-22-7-23-41-56)57-42-24-8-25-43-57)58-48-85-67(71-58)73-69(52-32-14-3-15-33-52,53-34-16-4-17-35-53)54-36-18-5-19-37-54/h1-8,10-25,28-43,48,60,62,65H,9,26-27,44-47H2,(H,71,73)(H,72,77)/t60?,65-/m0/s1. The van der Waals surface area contributed by atoms with Crippen LogP contribution in [0.3, 0.4) is 0 Å². The quantitative estimate of drug-likeness (QED) is 0.0263. The number of hydrogen-bond donors (Lipinski definition) is 2. The molecule has 3 amide bonds. The molecule has 0 bridgehead atoms. The maximum atomic E-state index is 15.6. The molecule has 0 radical (unpaired) electrons. The van der Waals surface area contributed by atoms with Crippen molar-refractivity contribution in [2.45, 2.75) is 47.9 Å². The summed E-state index contributed by atoms with van der Waals surface area (Å²) in [6, 6.07) is 77.1. The van der Waals surface area contributed by atoms with Crippen molar-refractivity contribution in [3.8, 4) is 0 Å². The molecule has 4 heterocycles. The van der Waals surface area contributed by atoms with Gasteiger partial charge in [-0.05, 0) is 47.1 Å². The number of hydrogen-bond acceptors (Lipinski definition) is 12. The second-order valence-corrected chi connectivity index (χ2v) is 22.8. The molecule has 0 aliphatic carbocycles. The van der Waals surface area contributed by atoms with Crippen molar-refractivity contribution in [3.63, 3.8) is 0 Å². The Kier molecular flexibility index (Phi) is 16.8. The van der Waals surface area contributed by atoms with Crippen LogP contribution < -0.4 is 10.6 Å². The molecule has 0 spiro atoms. The molecule has 3 aliphatic heterocycles. The second-order valence-electron chi connectivity index (χ2n) is 20.8. The van der Waals surface area contributed by atoms with E-state index in [1.807, 2.05) is 206 Å². The van der Waals surface area contributed by atoms with Crippen LogP contribution in [-0.4, -0.2) is 81.2 Å². The fraction of sp³-hybridized carbons (Fsp3) is 0.171. The molecule has 2 saturated heterocycles. The number of benzene rings is 8. The van der Waals surface area contributed by atoms with Crippen LogP contribution in [0.25, 0.3) is 0 Å². The van der Waals surface area contributed by atoms with E-state index >= 15 is 14.4 Å². The molecule has 0 saturated carbocycles. The zero-order chi connectivity index (χ0) is 58.0. The molecule has 9 aromatic rings. The van der Waals surface area contributed by atoms with E-state index in [4.69, 9.17) is 24.5 Å². The van der Waals surface area contributed by atoms with Crippen LogP contribution in [0.5, 0.6) is 0 Å². The molecule has 12 rings (SSSR count). The third kappa shape index (κ3) is 11.5. The molecule has 15 heteroatoms. The molecule has 424 valence electrons. The second kappa shape index (κ2) is 25.5. The number of anilines is 1. The van der Waals surface area contributed by atoms with Gasteiger partial charge in [0.05, 0.1) is 0 Å². The number of amides is 3. The van der Waals surface area contributed by atoms with Crippen LogP contribution in [0.1, 0.15) is 75.6 Å². The Morgan fingerprint density at radius 3 is 1.52 bits per heavy atom. The van der Waals surface area contributed by atoms with E-state index in [0.29, 0.717) is 23.8 Å². The number of thiazole rings is 1. The molecule has 2 atom stereocenters. The van der Waals surface area contributed by atoms with Gasteiger partial charge in [0.25, 0.3) is 11.8 Å². The number of nitrogens with one attached hydrogen (secondary N) is 2. The molecule has 1 aromatic heterocycles. The van der Waals surface area contributed by atoms with Gasteiger partial charge in [-0.2, -0.15) is 0 Å². The predicted molar refractivity (Wildman–Crippen MR) is 331 cm³/mol. The number of carbonyl (C=O) groups is 4. The van der Waals surface area contributed by atoms with Gasteiger partial charge >= 0.3 is 12.1 Å². The fourth-order valence-corrected chi connectivity index (χ4v) is 13.5. The fourth-order valence-electron chi connectivity index (χ4n) is 11.4. The number of fused-ring (bicyclic) bond motifs is 1. The summed E-state index contributed by atoms with van der Waals surface area (Å²) >= 11 is 2.63. The Balaban J connectivity index is 0.926. The van der Waals surface area contributed by atoms with E-state index in [9.17, 15) is 4.79 Å². The number of ether oxygens (including phenoxy) is 2. The van der Waals surface area contributed by atoms with E-state index < -0.39 is 52.5 Å². The lowest BCUT2D eigenvalue weighted by Crippen LogP contribution is -2.71. The number of thioether (sulfide) groups is 1. The van der Waals surface area contributed by atoms with E-state index in [0.717, 1.165) is 63.8 Å². The third-order valence-corrected chi connectivity index (χ3v) is 17.7. The number of esters is 1. The van der Waals surface area contributed by atoms with Gasteiger partial charge in [0.2, 0.25) is 5.60 Å². The molecule has 2 fully saturated rings. The summed E-state index contributed by atoms with van der Waals surface area (Å²) in [4.78, 5) is 74.3. The minimum Gasteiger partial charge on any atom is -0.448 e. The number of carbonyl (C=O) groups excluding carboxylic acids is 4. The molecule has 1 unspecified atom stereocenters. The van der Waals surface area contributed by atoms with Gasteiger partial charge < -0.3 is 29.8 Å². The van der Waals surface area contributed by atoms with Gasteiger partial charge in [-0.15, -0.1) is 23.1 Å². The highest BCUT2D eigenvalue weighted by Crippen LogP contribution is 2.45. The van der Waals surface area contributed by atoms with Gasteiger partial charge in [0.1, 0.15) is 35.0 Å². The molecule has 2 N–H and O–H groups in total. The minimum absolute atomic E-state index is 0.0351. The van der Waals surface area contributed by atoms with Crippen molar-refractivity contribution < 1.29 is 33.5 Å². The number of aromatic nitrogens is 1. The summed E-state index contributed by atoms with van der Waals surface area (Å²) in [5.74, 6) is -1.91. The van der Waals surface area contributed by atoms with Crippen LogP contribution in [0.4, 0.5) is 9.93 Å². The predicted octanol–water partition coefficient (Wildman–Crippen LogP) is 12.9. The van der Waals surface area contributed by atoms with Crippen molar-refractivity contribution in [3.05, 3.63) is 310 Å². The summed E-state index contributed by atoms with van der Waals surface area (Å²) in [5, 5.41) is 13.2. The first kappa shape index (κ1) is 55.9. The van der Waals surface area contributed by atoms with E-state index in [1.165, 1.54) is 28.0 Å². The maximum Gasteiger partial charge on any atom is 0.410 e. The lowest BCUT2D eigenvalue weighted by Gasteiger charge is -2.49. The number of piperidine rings is 1. The highest BCUT2D eigenvalue weighted by atomic mass is 32.2. The summed E-state index contributed by atoms with van der Waals surface area (Å²) < 4.78 is 12.3. The zero-order valence-corrected chi connectivity index (χ0v) is 47.9. The highest BCUT2D eigenvalue weighted by molar-refractivity contribution is 8.00. The molecule has 85 heavy (non-hydrogen) atoms. The van der Waals surface area contributed by atoms with Crippen LogP contribution in [0, 0.1) is 0 Å². The number of likely N-dealkylation sites (tertiary alicyclic amines) is 1. The van der Waals surface area contributed by atoms with Crippen LogP contribution >= 0.6 is 23.1 Å². The number of nitrogens with zero attached hydrogens (tertiary/aromatic N) is 4. The Morgan fingerprint density at radius 2 is 1.05 bits per heavy atom. The molecule has 13 nitrogen and oxygen atoms in total. The van der Waals surface area contributed by atoms with E-state index in [1.54, 1.807) is 10.3 Å². The summed E-state index contributed by atoms with van der Waals surface area (Å²) in [6.07, 6.45) is 1.43. The topological polar surface area (TPSA) is 152 Å². The van der Waals surface area contributed by atoms with Crippen molar-refractivity contribution in [1.82, 2.24) is 20.1 Å². The van der Waals surface area contributed by atoms with Gasteiger partial charge in [0.15, 0.2) is 16.9 Å². The Labute approximate surface area is 502 Å². The third-order valence-electron chi connectivity index (χ3n) is 15.6. The number of oxime groups is 1. The van der Waals surface area contributed by atoms with Gasteiger partial charge in [-0.25, -0.2) is 14.6 Å². The van der Waals surface area contributed by atoms with Gasteiger partial charge in [-0.3, -0.25) is 14.5 Å². The smallest absolute Gasteiger partial charge is 0.410 e. The average molecular weight is 1160 g/mol. The number of rotatable bonds is 19. The first-order valence-electron chi connectivity index (χ1n) is 28.4. The van der Waals surface area contributed by atoms with E-state index in [-0.39, 0.29) is 29.5 Å². The molecular formula is C70H60N6O7S2. The molecule has 8 aromatic carbocycles. The normalized spacial score (nSPS) is 16.2. The van der Waals surface area contributed by atoms with Gasteiger partial charge in [0, 0.05) is 46.5 Å². The summed E-state index contributed by atoms with van der Waals surface area (Å²) in [5.41, 5.74) is 4.49. The van der Waals surface area contributed by atoms with Gasteiger partial charge in [-0.1, -0.05) is 248 Å². The van der Waals surface area contributed by atoms with E-state index in [2.05, 4.69) is 47.0 Å². The highest BCUT2D eigenvalue weighted by Gasteiger charge is 2.55. The van der Waals surface area contributed by atoms with Crippen LogP contribution in [0.15, 0.2) is 264 Å². The molecule has 3 aliphatic rings. The average Bonchev–Trinajstić information content (AvgIpc) is 3.24. The first-order valence-corrected chi connectivity index (χ1v) is 30.3. The first-order chi connectivity index (χ1) is 41.8. The van der Waals surface area contributed by atoms with Crippen LogP contribution in [-0.2, 0) is 39.8 Å². The Morgan fingerprint density at radius 1 is 0.600 bits per heavy atom.